The van der Waals surface area contributed by atoms with Gasteiger partial charge >= 0.3 is 5.97 Å². The quantitative estimate of drug-likeness (QED) is 0.408. The fraction of sp³-hybridized carbons (Fsp3) is 0.579. The molecule has 0 aliphatic heterocycles. The topological polar surface area (TPSA) is 65.1 Å². The second-order valence-electron chi connectivity index (χ2n) is 5.95. The summed E-state index contributed by atoms with van der Waals surface area (Å²) < 4.78 is 15.9. The van der Waals surface area contributed by atoms with Crippen molar-refractivity contribution in [2.75, 3.05) is 32.9 Å². The Morgan fingerprint density at radius 2 is 1.85 bits per heavy atom. The van der Waals surface area contributed by atoms with E-state index in [4.69, 9.17) is 25.8 Å². The minimum Gasteiger partial charge on any atom is -0.484 e. The van der Waals surface area contributed by atoms with Gasteiger partial charge < -0.3 is 19.1 Å². The maximum absolute atomic E-state index is 12.5. The summed E-state index contributed by atoms with van der Waals surface area (Å²) in [6.07, 6.45) is 0.992. The second kappa shape index (κ2) is 12.5. The first-order valence-corrected chi connectivity index (χ1v) is 9.23. The van der Waals surface area contributed by atoms with Gasteiger partial charge in [-0.15, -0.1) is 0 Å². The van der Waals surface area contributed by atoms with E-state index in [0.717, 1.165) is 0 Å². The Balaban J connectivity index is 2.51. The molecule has 0 radical (unpaired) electrons. The van der Waals surface area contributed by atoms with Crippen LogP contribution in [0.3, 0.4) is 0 Å². The van der Waals surface area contributed by atoms with Gasteiger partial charge in [-0.25, -0.2) is 0 Å². The largest absolute Gasteiger partial charge is 0.484 e. The summed E-state index contributed by atoms with van der Waals surface area (Å²) in [5.41, 5.74) is 0. The maximum Gasteiger partial charge on any atom is 0.307 e. The highest BCUT2D eigenvalue weighted by Crippen LogP contribution is 2.15. The lowest BCUT2D eigenvalue weighted by atomic mass is 10.3. The average Bonchev–Trinajstić information content (AvgIpc) is 2.60. The molecule has 26 heavy (non-hydrogen) atoms. The van der Waals surface area contributed by atoms with Crippen LogP contribution < -0.4 is 4.74 Å². The molecule has 0 aliphatic rings. The van der Waals surface area contributed by atoms with Gasteiger partial charge in [0.25, 0.3) is 5.91 Å². The summed E-state index contributed by atoms with van der Waals surface area (Å²) >= 11 is 5.83. The van der Waals surface area contributed by atoms with Crippen LogP contribution >= 0.6 is 11.6 Å². The molecule has 0 saturated heterocycles. The first-order chi connectivity index (χ1) is 12.4. The molecule has 0 spiro atoms. The van der Waals surface area contributed by atoms with E-state index in [1.54, 1.807) is 36.1 Å². The normalized spacial score (nSPS) is 10.7. The summed E-state index contributed by atoms with van der Waals surface area (Å²) in [7, 11) is 0. The zero-order valence-electron chi connectivity index (χ0n) is 15.7. The summed E-state index contributed by atoms with van der Waals surface area (Å²) in [4.78, 5) is 25.6. The van der Waals surface area contributed by atoms with Gasteiger partial charge in [0.2, 0.25) is 0 Å². The molecule has 0 heterocycles. The molecule has 0 aliphatic carbocycles. The number of carbonyl (C=O) groups is 2. The van der Waals surface area contributed by atoms with Crippen LogP contribution in [0.1, 0.15) is 33.6 Å². The molecule has 0 N–H and O–H groups in total. The minimum atomic E-state index is -0.317. The highest BCUT2D eigenvalue weighted by atomic mass is 35.5. The molecular formula is C19H28ClNO5. The predicted molar refractivity (Wildman–Crippen MR) is 100 cm³/mol. The number of benzene rings is 1. The highest BCUT2D eigenvalue weighted by Gasteiger charge is 2.16. The molecule has 7 heteroatoms. The third kappa shape index (κ3) is 9.63. The van der Waals surface area contributed by atoms with Crippen molar-refractivity contribution < 1.29 is 23.8 Å². The average molecular weight is 386 g/mol. The standard InChI is InChI=1S/C19H28ClNO5/c1-4-24-19(23)10-12-21(11-5-13-25-15(2)3)18(22)14-26-17-8-6-16(20)7-9-17/h6-9,15H,4-5,10-14H2,1-3H3. The van der Waals surface area contributed by atoms with Crippen LogP contribution in [0, 0.1) is 0 Å². The third-order valence-electron chi connectivity index (χ3n) is 3.44. The lowest BCUT2D eigenvalue weighted by Gasteiger charge is -2.22. The van der Waals surface area contributed by atoms with Crippen LogP contribution in [0.15, 0.2) is 24.3 Å². The molecule has 1 amide bonds. The summed E-state index contributed by atoms with van der Waals surface area (Å²) in [5, 5.41) is 0.602. The number of hydrogen-bond donors (Lipinski definition) is 0. The Bertz CT molecular complexity index is 547. The van der Waals surface area contributed by atoms with Gasteiger partial charge in [0, 0.05) is 24.7 Å². The molecule has 0 saturated carbocycles. The van der Waals surface area contributed by atoms with E-state index in [1.165, 1.54) is 0 Å². The van der Waals surface area contributed by atoms with Gasteiger partial charge in [0.1, 0.15) is 5.75 Å². The van der Waals surface area contributed by atoms with Crippen molar-refractivity contribution in [2.24, 2.45) is 0 Å². The molecular weight excluding hydrogens is 358 g/mol. The van der Waals surface area contributed by atoms with Crippen molar-refractivity contribution in [2.45, 2.75) is 39.7 Å². The molecule has 0 bridgehead atoms. The van der Waals surface area contributed by atoms with Crippen LogP contribution in [-0.4, -0.2) is 55.8 Å². The molecule has 1 aromatic carbocycles. The van der Waals surface area contributed by atoms with E-state index in [1.807, 2.05) is 13.8 Å². The number of hydrogen-bond acceptors (Lipinski definition) is 5. The molecule has 1 aromatic rings. The second-order valence-corrected chi connectivity index (χ2v) is 6.39. The minimum absolute atomic E-state index is 0.102. The van der Waals surface area contributed by atoms with Gasteiger partial charge in [0.05, 0.1) is 19.1 Å². The Labute approximate surface area is 160 Å². The number of ether oxygens (including phenoxy) is 3. The smallest absolute Gasteiger partial charge is 0.307 e. The Morgan fingerprint density at radius 1 is 1.15 bits per heavy atom. The number of esters is 1. The van der Waals surface area contributed by atoms with Crippen LogP contribution in [0.25, 0.3) is 0 Å². The number of nitrogens with zero attached hydrogens (tertiary/aromatic N) is 1. The predicted octanol–water partition coefficient (Wildman–Crippen LogP) is 3.32. The fourth-order valence-corrected chi connectivity index (χ4v) is 2.29. The van der Waals surface area contributed by atoms with Crippen LogP contribution in [-0.2, 0) is 19.1 Å². The SMILES string of the molecule is CCOC(=O)CCN(CCCOC(C)C)C(=O)COc1ccc(Cl)cc1. The summed E-state index contributed by atoms with van der Waals surface area (Å²) in [6.45, 7) is 7.25. The van der Waals surface area contributed by atoms with Crippen molar-refractivity contribution in [3.63, 3.8) is 0 Å². The Kier molecular flexibility index (Phi) is 10.7. The third-order valence-corrected chi connectivity index (χ3v) is 3.70. The highest BCUT2D eigenvalue weighted by molar-refractivity contribution is 6.30. The van der Waals surface area contributed by atoms with E-state index in [0.29, 0.717) is 43.5 Å². The molecule has 146 valence electrons. The zero-order chi connectivity index (χ0) is 19.4. The Hall–Kier alpha value is -1.79. The maximum atomic E-state index is 12.5. The van der Waals surface area contributed by atoms with Gasteiger partial charge in [-0.05, 0) is 51.5 Å². The van der Waals surface area contributed by atoms with E-state index in [-0.39, 0.29) is 31.0 Å². The molecule has 0 aromatic heterocycles. The van der Waals surface area contributed by atoms with Crippen LogP contribution in [0.5, 0.6) is 5.75 Å². The number of amides is 1. The van der Waals surface area contributed by atoms with E-state index in [2.05, 4.69) is 0 Å². The van der Waals surface area contributed by atoms with Crippen LogP contribution in [0.4, 0.5) is 0 Å². The molecule has 0 fully saturated rings. The molecule has 0 unspecified atom stereocenters. The lowest BCUT2D eigenvalue weighted by molar-refractivity contribution is -0.144. The van der Waals surface area contributed by atoms with Gasteiger partial charge in [-0.3, -0.25) is 9.59 Å². The van der Waals surface area contributed by atoms with Crippen molar-refractivity contribution in [1.29, 1.82) is 0 Å². The van der Waals surface area contributed by atoms with E-state index < -0.39 is 0 Å². The van der Waals surface area contributed by atoms with Gasteiger partial charge in [-0.1, -0.05) is 11.6 Å². The van der Waals surface area contributed by atoms with Crippen molar-refractivity contribution in [3.05, 3.63) is 29.3 Å². The van der Waals surface area contributed by atoms with Crippen LogP contribution in [0.2, 0.25) is 5.02 Å². The summed E-state index contributed by atoms with van der Waals surface area (Å²) in [6, 6.07) is 6.80. The Morgan fingerprint density at radius 3 is 2.46 bits per heavy atom. The van der Waals surface area contributed by atoms with E-state index in [9.17, 15) is 9.59 Å². The molecule has 1 rings (SSSR count). The molecule has 6 nitrogen and oxygen atoms in total. The molecule has 0 atom stereocenters. The van der Waals surface area contributed by atoms with E-state index >= 15 is 0 Å². The van der Waals surface area contributed by atoms with Gasteiger partial charge in [-0.2, -0.15) is 0 Å². The first-order valence-electron chi connectivity index (χ1n) is 8.85. The first kappa shape index (κ1) is 22.3. The van der Waals surface area contributed by atoms with Gasteiger partial charge in [0.15, 0.2) is 6.61 Å². The number of rotatable bonds is 12. The summed E-state index contributed by atoms with van der Waals surface area (Å²) in [5.74, 6) is 0.0624. The fourth-order valence-electron chi connectivity index (χ4n) is 2.16. The van der Waals surface area contributed by atoms with Crippen molar-refractivity contribution >= 4 is 23.5 Å². The van der Waals surface area contributed by atoms with Crippen molar-refractivity contribution in [1.82, 2.24) is 4.90 Å². The van der Waals surface area contributed by atoms with Crippen molar-refractivity contribution in [3.8, 4) is 5.75 Å². The zero-order valence-corrected chi connectivity index (χ0v) is 16.5. The number of carbonyl (C=O) groups excluding carboxylic acids is 2. The number of halogens is 1. The monoisotopic (exact) mass is 385 g/mol. The lowest BCUT2D eigenvalue weighted by Crippen LogP contribution is -2.38.